The average molecular weight is 873 g/mol. The third kappa shape index (κ3) is 11.0. The van der Waals surface area contributed by atoms with Gasteiger partial charge in [0.2, 0.25) is 0 Å². The molecule has 0 radical (unpaired) electrons. The molecule has 0 fully saturated rings. The standard InChI is InChI=1S/C55H38N6.C3H8.C2H6.CH4/c1-5-21-38(22-6-1)42-29-13-17-33-46(42)52-56-50(57-53(60-52)47-34-18-14-30-43(47)39-23-7-2-8-24-39)37-51-58-54(48-35-19-15-31-44(48)40-25-9-3-10-26-40)61-55(59-51)49-36-20-16-32-45(49)41-27-11-4-12-28-41;1-3-2;1-2;/h1-36H,37H2;3H2,1-2H3;1-2H3;1H4. The van der Waals surface area contributed by atoms with Crippen LogP contribution in [-0.4, -0.2) is 29.9 Å². The second-order valence-electron chi connectivity index (χ2n) is 15.3. The maximum absolute atomic E-state index is 5.23. The highest BCUT2D eigenvalue weighted by atomic mass is 15.1. The van der Waals surface area contributed by atoms with Gasteiger partial charge in [0.1, 0.15) is 11.6 Å². The van der Waals surface area contributed by atoms with Crippen molar-refractivity contribution < 1.29 is 0 Å². The molecule has 8 aromatic carbocycles. The molecule has 0 N–H and O–H groups in total. The molecule has 2 aromatic heterocycles. The number of benzene rings is 8. The quantitative estimate of drug-likeness (QED) is 0.136. The van der Waals surface area contributed by atoms with E-state index in [4.69, 9.17) is 29.9 Å². The molecule has 0 spiro atoms. The van der Waals surface area contributed by atoms with Crippen molar-refractivity contribution in [1.29, 1.82) is 0 Å². The summed E-state index contributed by atoms with van der Waals surface area (Å²) in [4.78, 5) is 31.4. The van der Waals surface area contributed by atoms with Gasteiger partial charge in [-0.05, 0) is 44.5 Å². The molecule has 0 atom stereocenters. The van der Waals surface area contributed by atoms with Crippen LogP contribution < -0.4 is 0 Å². The van der Waals surface area contributed by atoms with Crippen molar-refractivity contribution in [2.24, 2.45) is 0 Å². The summed E-state index contributed by atoms with van der Waals surface area (Å²) in [7, 11) is 0. The lowest BCUT2D eigenvalue weighted by Gasteiger charge is -2.15. The largest absolute Gasteiger partial charge is 0.213 e. The first kappa shape index (κ1) is 46.8. The Bertz CT molecular complexity index is 2700. The van der Waals surface area contributed by atoms with E-state index in [1.54, 1.807) is 0 Å². The fraction of sp³-hybridized carbons (Fsp3) is 0.115. The first-order chi connectivity index (χ1) is 32.7. The Labute approximate surface area is 396 Å². The van der Waals surface area contributed by atoms with Crippen LogP contribution in [0.2, 0.25) is 0 Å². The lowest BCUT2D eigenvalue weighted by atomic mass is 9.98. The van der Waals surface area contributed by atoms with E-state index in [1.807, 2.05) is 135 Å². The molecule has 0 amide bonds. The lowest BCUT2D eigenvalue weighted by Crippen LogP contribution is -2.09. The highest BCUT2D eigenvalue weighted by Crippen LogP contribution is 2.36. The Kier molecular flexibility index (Phi) is 16.1. The van der Waals surface area contributed by atoms with Gasteiger partial charge in [-0.2, -0.15) is 0 Å². The topological polar surface area (TPSA) is 77.3 Å². The van der Waals surface area contributed by atoms with Crippen molar-refractivity contribution in [3.8, 4) is 90.1 Å². The van der Waals surface area contributed by atoms with Crippen molar-refractivity contribution in [2.45, 2.75) is 48.0 Å². The SMILES string of the molecule is C.CC.CCC.c1ccc(-c2ccccc2-c2nc(Cc3nc(-c4ccccc4-c4ccccc4)nc(-c4ccccc4-c4ccccc4)n3)nc(-c3ccccc3-c3ccccc3)n2)cc1. The van der Waals surface area contributed by atoms with Crippen LogP contribution in [0.4, 0.5) is 0 Å². The van der Waals surface area contributed by atoms with Gasteiger partial charge in [0.15, 0.2) is 23.3 Å². The molecule has 67 heavy (non-hydrogen) atoms. The van der Waals surface area contributed by atoms with Crippen molar-refractivity contribution in [2.75, 3.05) is 0 Å². The molecule has 0 bridgehead atoms. The molecule has 0 saturated carbocycles. The smallest absolute Gasteiger partial charge is 0.164 e. The lowest BCUT2D eigenvalue weighted by molar-refractivity contribution is 0.861. The second kappa shape index (κ2) is 23.1. The fourth-order valence-corrected chi connectivity index (χ4v) is 7.81. The average Bonchev–Trinajstić information content (AvgIpc) is 3.40. The van der Waals surface area contributed by atoms with E-state index in [0.717, 1.165) is 66.8 Å². The van der Waals surface area contributed by atoms with Gasteiger partial charge in [0, 0.05) is 22.3 Å². The molecule has 0 aliphatic rings. The Morgan fingerprint density at radius 1 is 0.254 bits per heavy atom. The van der Waals surface area contributed by atoms with Gasteiger partial charge in [-0.25, -0.2) is 29.9 Å². The van der Waals surface area contributed by atoms with Crippen LogP contribution in [-0.2, 0) is 6.42 Å². The van der Waals surface area contributed by atoms with Gasteiger partial charge in [-0.15, -0.1) is 0 Å². The normalized spacial score (nSPS) is 10.4. The van der Waals surface area contributed by atoms with E-state index in [2.05, 4.69) is 111 Å². The van der Waals surface area contributed by atoms with Crippen molar-refractivity contribution in [1.82, 2.24) is 29.9 Å². The maximum Gasteiger partial charge on any atom is 0.164 e. The second-order valence-corrected chi connectivity index (χ2v) is 15.3. The zero-order chi connectivity index (χ0) is 45.5. The molecule has 6 heteroatoms. The Morgan fingerprint density at radius 3 is 0.642 bits per heavy atom. The van der Waals surface area contributed by atoms with Crippen LogP contribution in [0, 0.1) is 0 Å². The number of hydrogen-bond acceptors (Lipinski definition) is 6. The number of nitrogens with zero attached hydrogens (tertiary/aromatic N) is 6. The minimum absolute atomic E-state index is 0. The fourth-order valence-electron chi connectivity index (χ4n) is 7.81. The van der Waals surface area contributed by atoms with E-state index in [-0.39, 0.29) is 13.8 Å². The summed E-state index contributed by atoms with van der Waals surface area (Å²) in [5, 5.41) is 0. The summed E-state index contributed by atoms with van der Waals surface area (Å²) in [6.45, 7) is 8.25. The molecular weight excluding hydrogens is 817 g/mol. The first-order valence-corrected chi connectivity index (χ1v) is 22.8. The Hall–Kier alpha value is -8.22. The molecular formula is C61H56N6. The Morgan fingerprint density at radius 2 is 0.433 bits per heavy atom. The van der Waals surface area contributed by atoms with Crippen LogP contribution in [0.15, 0.2) is 218 Å². The third-order valence-electron chi connectivity index (χ3n) is 10.7. The summed E-state index contributed by atoms with van der Waals surface area (Å²) < 4.78 is 0. The van der Waals surface area contributed by atoms with Crippen molar-refractivity contribution in [3.05, 3.63) is 230 Å². The monoisotopic (exact) mass is 872 g/mol. The highest BCUT2D eigenvalue weighted by molar-refractivity contribution is 5.85. The van der Waals surface area contributed by atoms with Crippen LogP contribution >= 0.6 is 0 Å². The molecule has 330 valence electrons. The number of aromatic nitrogens is 6. The van der Waals surface area contributed by atoms with Crippen LogP contribution in [0.25, 0.3) is 90.1 Å². The van der Waals surface area contributed by atoms with Gasteiger partial charge in [-0.1, -0.05) is 260 Å². The van der Waals surface area contributed by atoms with E-state index < -0.39 is 0 Å². The molecule has 10 rings (SSSR count). The summed E-state index contributed by atoms with van der Waals surface area (Å²) in [6.07, 6.45) is 1.48. The van der Waals surface area contributed by atoms with E-state index in [1.165, 1.54) is 6.42 Å². The zero-order valence-electron chi connectivity index (χ0n) is 37.9. The zero-order valence-corrected chi connectivity index (χ0v) is 37.9. The van der Waals surface area contributed by atoms with Gasteiger partial charge >= 0.3 is 0 Å². The van der Waals surface area contributed by atoms with Crippen molar-refractivity contribution in [3.63, 3.8) is 0 Å². The summed E-state index contributed by atoms with van der Waals surface area (Å²) in [6, 6.07) is 74.5. The molecule has 10 aromatic rings. The predicted octanol–water partition coefficient (Wildman–Crippen LogP) is 16.1. The molecule has 6 nitrogen and oxygen atoms in total. The first-order valence-electron chi connectivity index (χ1n) is 22.8. The molecule has 0 saturated heterocycles. The van der Waals surface area contributed by atoms with Crippen LogP contribution in [0.3, 0.4) is 0 Å². The van der Waals surface area contributed by atoms with Gasteiger partial charge < -0.3 is 0 Å². The van der Waals surface area contributed by atoms with E-state index in [0.29, 0.717) is 34.9 Å². The van der Waals surface area contributed by atoms with Crippen LogP contribution in [0.1, 0.15) is 53.2 Å². The van der Waals surface area contributed by atoms with Crippen molar-refractivity contribution >= 4 is 0 Å². The summed E-state index contributed by atoms with van der Waals surface area (Å²) in [5.74, 6) is 3.37. The van der Waals surface area contributed by atoms with Gasteiger partial charge in [0.25, 0.3) is 0 Å². The minimum Gasteiger partial charge on any atom is -0.213 e. The van der Waals surface area contributed by atoms with Gasteiger partial charge in [-0.3, -0.25) is 0 Å². The number of hydrogen-bond donors (Lipinski definition) is 0. The van der Waals surface area contributed by atoms with E-state index >= 15 is 0 Å². The molecule has 2 heterocycles. The summed E-state index contributed by atoms with van der Waals surface area (Å²) >= 11 is 0. The minimum atomic E-state index is 0. The molecule has 0 unspecified atom stereocenters. The van der Waals surface area contributed by atoms with Gasteiger partial charge in [0.05, 0.1) is 6.42 Å². The van der Waals surface area contributed by atoms with Crippen LogP contribution in [0.5, 0.6) is 0 Å². The van der Waals surface area contributed by atoms with E-state index in [9.17, 15) is 0 Å². The maximum atomic E-state index is 5.23. The summed E-state index contributed by atoms with van der Waals surface area (Å²) in [5.41, 5.74) is 12.0. The number of rotatable bonds is 10. The highest BCUT2D eigenvalue weighted by Gasteiger charge is 2.21. The molecule has 0 aliphatic carbocycles. The Balaban J connectivity index is 0.00000107. The third-order valence-corrected chi connectivity index (χ3v) is 10.7. The molecule has 0 aliphatic heterocycles. The predicted molar refractivity (Wildman–Crippen MR) is 280 cm³/mol.